The number of unbranched alkanes of at least 4 members (excludes halogenated alkanes) is 1. The lowest BCUT2D eigenvalue weighted by atomic mass is 10.0. The van der Waals surface area contributed by atoms with E-state index in [1.165, 1.54) is 0 Å². The van der Waals surface area contributed by atoms with Crippen molar-refractivity contribution >= 4 is 29.3 Å². The molecule has 1 aliphatic rings. The number of aryl methyl sites for hydroxylation is 1. The number of aliphatic hydroxyl groups excluding tert-OH is 1. The first-order chi connectivity index (χ1) is 18.9. The number of thioether (sulfide) groups is 1. The van der Waals surface area contributed by atoms with Gasteiger partial charge in [-0.2, -0.15) is 0 Å². The van der Waals surface area contributed by atoms with Crippen LogP contribution >= 0.6 is 11.8 Å². The summed E-state index contributed by atoms with van der Waals surface area (Å²) in [7, 11) is 1.90. The number of hydrogen-bond donors (Lipinski definition) is 4. The van der Waals surface area contributed by atoms with Crippen LogP contribution in [0.1, 0.15) is 61.2 Å². The highest BCUT2D eigenvalue weighted by Crippen LogP contribution is 2.39. The minimum Gasteiger partial charge on any atom is -0.392 e. The number of hydroxylamine groups is 1. The summed E-state index contributed by atoms with van der Waals surface area (Å²) in [5.41, 5.74) is 4.91. The van der Waals surface area contributed by atoms with Crippen LogP contribution in [0.5, 0.6) is 0 Å². The molecule has 0 bridgehead atoms. The number of benzene rings is 2. The Hall–Kier alpha value is -3.29. The number of aliphatic hydroxyl groups is 1. The van der Waals surface area contributed by atoms with E-state index < -0.39 is 12.2 Å². The first kappa shape index (κ1) is 28.7. The molecule has 208 valence electrons. The van der Waals surface area contributed by atoms with Gasteiger partial charge in [0.1, 0.15) is 6.33 Å². The van der Waals surface area contributed by atoms with E-state index in [1.807, 2.05) is 60.1 Å². The largest absolute Gasteiger partial charge is 0.392 e. The average Bonchev–Trinajstić information content (AvgIpc) is 3.38. The summed E-state index contributed by atoms with van der Waals surface area (Å²) in [6, 6.07) is 15.1. The molecule has 2 heterocycles. The summed E-state index contributed by atoms with van der Waals surface area (Å²) in [5.74, 6) is 0.0627. The first-order valence-corrected chi connectivity index (χ1v) is 13.7. The van der Waals surface area contributed by atoms with Gasteiger partial charge < -0.3 is 24.5 Å². The Kier molecular flexibility index (Phi) is 10.5. The Morgan fingerprint density at radius 3 is 2.36 bits per heavy atom. The van der Waals surface area contributed by atoms with Crippen LogP contribution < -0.4 is 10.8 Å². The van der Waals surface area contributed by atoms with E-state index in [2.05, 4.69) is 15.5 Å². The molecule has 4 N–H and O–H groups in total. The van der Waals surface area contributed by atoms with Gasteiger partial charge in [0, 0.05) is 43.3 Å². The van der Waals surface area contributed by atoms with Gasteiger partial charge in [0.05, 0.1) is 18.8 Å². The second-order valence-corrected chi connectivity index (χ2v) is 10.3. The fourth-order valence-electron chi connectivity index (χ4n) is 4.17. The lowest BCUT2D eigenvalue weighted by Crippen LogP contribution is -2.31. The second-order valence-electron chi connectivity index (χ2n) is 9.30. The van der Waals surface area contributed by atoms with Crippen LogP contribution in [0.15, 0.2) is 60.0 Å². The number of nitrogens with one attached hydrogen (secondary N) is 2. The molecule has 4 rings (SSSR count). The molecule has 2 aromatic carbocycles. The monoisotopic (exact) mass is 555 g/mol. The highest BCUT2D eigenvalue weighted by Gasteiger charge is 2.32. The quantitative estimate of drug-likeness (QED) is 0.114. The van der Waals surface area contributed by atoms with Crippen LogP contribution in [-0.4, -0.2) is 48.7 Å². The number of carbonyl (C=O) groups excluding carboxylic acids is 2. The van der Waals surface area contributed by atoms with E-state index in [0.717, 1.165) is 21.8 Å². The molecule has 1 saturated heterocycles. The van der Waals surface area contributed by atoms with Gasteiger partial charge in [-0.05, 0) is 36.1 Å². The topological polar surface area (TPSA) is 148 Å². The first-order valence-electron chi connectivity index (χ1n) is 12.8. The molecule has 3 aromatic rings. The maximum atomic E-state index is 12.3. The Labute approximate surface area is 230 Å². The third-order valence-electron chi connectivity index (χ3n) is 6.33. The van der Waals surface area contributed by atoms with Crippen molar-refractivity contribution in [3.8, 4) is 0 Å². The predicted molar refractivity (Wildman–Crippen MR) is 144 cm³/mol. The van der Waals surface area contributed by atoms with Crippen molar-refractivity contribution in [1.82, 2.24) is 20.2 Å². The molecule has 0 saturated carbocycles. The van der Waals surface area contributed by atoms with Gasteiger partial charge in [-0.3, -0.25) is 14.8 Å². The predicted octanol–water partition coefficient (Wildman–Crippen LogP) is 3.65. The molecular weight excluding hydrogens is 522 g/mol. The standard InChI is InChI=1S/C27H33N5O6S/c1-32-17-28-30-27(32)39-16-22-14-23(19-8-6-18(15-33)7-9-19)38-26(37-22)20-10-12-21(13-11-20)29-24(34)4-2-3-5-25(35)31-36/h6-13,17,22-23,26,33,36H,2-5,14-16H2,1H3,(H,29,34)(H,31,35)/t22-,23+,26+/m0/s1. The molecule has 0 spiro atoms. The summed E-state index contributed by atoms with van der Waals surface area (Å²) in [5, 5.41) is 29.7. The summed E-state index contributed by atoms with van der Waals surface area (Å²) >= 11 is 1.57. The molecule has 11 nitrogen and oxygen atoms in total. The SMILES string of the molecule is Cn1cnnc1SC[C@@H]1C[C@H](c2ccc(CO)cc2)O[C@H](c2ccc(NC(=O)CCCCC(=O)NO)cc2)O1. The minimum absolute atomic E-state index is 0.0156. The van der Waals surface area contributed by atoms with Crippen LogP contribution in [0.25, 0.3) is 0 Å². The lowest BCUT2D eigenvalue weighted by molar-refractivity contribution is -0.245. The Balaban J connectivity index is 1.39. The summed E-state index contributed by atoms with van der Waals surface area (Å²) < 4.78 is 14.6. The fraction of sp³-hybridized carbons (Fsp3) is 0.407. The summed E-state index contributed by atoms with van der Waals surface area (Å²) in [6.07, 6.45) is 2.90. The highest BCUT2D eigenvalue weighted by molar-refractivity contribution is 7.99. The zero-order valence-electron chi connectivity index (χ0n) is 21.7. The van der Waals surface area contributed by atoms with Gasteiger partial charge in [0.15, 0.2) is 11.4 Å². The van der Waals surface area contributed by atoms with Gasteiger partial charge in [0.2, 0.25) is 11.8 Å². The molecule has 1 aromatic heterocycles. The second kappa shape index (κ2) is 14.2. The van der Waals surface area contributed by atoms with Crippen molar-refractivity contribution in [2.24, 2.45) is 7.05 Å². The molecular formula is C27H33N5O6S. The molecule has 1 fully saturated rings. The van der Waals surface area contributed by atoms with Gasteiger partial charge in [0.25, 0.3) is 0 Å². The number of aromatic nitrogens is 3. The maximum absolute atomic E-state index is 12.3. The smallest absolute Gasteiger partial charge is 0.243 e. The van der Waals surface area contributed by atoms with Gasteiger partial charge >= 0.3 is 0 Å². The van der Waals surface area contributed by atoms with Crippen molar-refractivity contribution in [2.75, 3.05) is 11.1 Å². The lowest BCUT2D eigenvalue weighted by Gasteiger charge is -2.36. The Morgan fingerprint density at radius 2 is 1.72 bits per heavy atom. The molecule has 1 aliphatic heterocycles. The zero-order chi connectivity index (χ0) is 27.6. The van der Waals surface area contributed by atoms with E-state index in [0.29, 0.717) is 30.7 Å². The zero-order valence-corrected chi connectivity index (χ0v) is 22.5. The number of rotatable bonds is 12. The maximum Gasteiger partial charge on any atom is 0.243 e. The number of carbonyl (C=O) groups is 2. The number of ether oxygens (including phenoxy) is 2. The van der Waals surface area contributed by atoms with Gasteiger partial charge in [-0.25, -0.2) is 5.48 Å². The van der Waals surface area contributed by atoms with E-state index in [-0.39, 0.29) is 37.6 Å². The Bertz CT molecular complexity index is 1220. The van der Waals surface area contributed by atoms with Crippen LogP contribution in [0, 0.1) is 0 Å². The van der Waals surface area contributed by atoms with E-state index in [1.54, 1.807) is 23.6 Å². The highest BCUT2D eigenvalue weighted by atomic mass is 32.2. The van der Waals surface area contributed by atoms with Crippen LogP contribution in [0.4, 0.5) is 5.69 Å². The molecule has 0 radical (unpaired) electrons. The van der Waals surface area contributed by atoms with Crippen molar-refractivity contribution in [1.29, 1.82) is 0 Å². The average molecular weight is 556 g/mol. The molecule has 12 heteroatoms. The number of amides is 2. The van der Waals surface area contributed by atoms with Crippen molar-refractivity contribution in [3.63, 3.8) is 0 Å². The van der Waals surface area contributed by atoms with Crippen molar-refractivity contribution in [2.45, 2.75) is 62.4 Å². The number of nitrogens with zero attached hydrogens (tertiary/aromatic N) is 3. The third kappa shape index (κ3) is 8.35. The molecule has 2 amide bonds. The molecule has 3 atom stereocenters. The number of anilines is 1. The van der Waals surface area contributed by atoms with Crippen LogP contribution in [0.3, 0.4) is 0 Å². The van der Waals surface area contributed by atoms with Crippen molar-refractivity contribution < 1.29 is 29.4 Å². The molecule has 39 heavy (non-hydrogen) atoms. The van der Waals surface area contributed by atoms with E-state index >= 15 is 0 Å². The van der Waals surface area contributed by atoms with Crippen LogP contribution in [0.2, 0.25) is 0 Å². The van der Waals surface area contributed by atoms with E-state index in [4.69, 9.17) is 14.7 Å². The summed E-state index contributed by atoms with van der Waals surface area (Å²) in [4.78, 5) is 23.3. The minimum atomic E-state index is -0.603. The molecule has 0 aliphatic carbocycles. The fourth-order valence-corrected chi connectivity index (χ4v) is 5.07. The van der Waals surface area contributed by atoms with Crippen molar-refractivity contribution in [3.05, 3.63) is 71.5 Å². The van der Waals surface area contributed by atoms with E-state index in [9.17, 15) is 14.7 Å². The van der Waals surface area contributed by atoms with Crippen LogP contribution in [-0.2, 0) is 32.7 Å². The van der Waals surface area contributed by atoms with Gasteiger partial charge in [-0.15, -0.1) is 10.2 Å². The Morgan fingerprint density at radius 1 is 1.03 bits per heavy atom. The third-order valence-corrected chi connectivity index (χ3v) is 7.50. The number of hydrogen-bond acceptors (Lipinski definition) is 9. The van der Waals surface area contributed by atoms with Gasteiger partial charge in [-0.1, -0.05) is 48.2 Å². The normalized spacial score (nSPS) is 19.0. The molecule has 0 unspecified atom stereocenters. The summed E-state index contributed by atoms with van der Waals surface area (Å²) in [6.45, 7) is -0.0156.